The monoisotopic (exact) mass is 612 g/mol. The van der Waals surface area contributed by atoms with Crippen molar-refractivity contribution >= 4 is 44.8 Å². The summed E-state index contributed by atoms with van der Waals surface area (Å²) >= 11 is 4.87. The summed E-state index contributed by atoms with van der Waals surface area (Å²) in [6.07, 6.45) is 7.16. The normalized spacial score (nSPS) is 14.8. The Kier molecular flexibility index (Phi) is 8.15. The fourth-order valence-corrected chi connectivity index (χ4v) is 6.07. The number of thiazole rings is 1. The molecule has 0 spiro atoms. The van der Waals surface area contributed by atoms with Crippen LogP contribution in [-0.4, -0.2) is 23.6 Å². The Hall–Kier alpha value is -4.19. The highest BCUT2D eigenvalue weighted by atomic mass is 79.9. The number of terminal acetylenes is 1. The maximum Gasteiger partial charge on any atom is 0.271 e. The van der Waals surface area contributed by atoms with Crippen LogP contribution in [0.5, 0.6) is 11.5 Å². The number of benzene rings is 3. The van der Waals surface area contributed by atoms with Gasteiger partial charge < -0.3 is 9.47 Å². The lowest BCUT2D eigenvalue weighted by atomic mass is 9.91. The van der Waals surface area contributed by atoms with E-state index >= 15 is 0 Å². The molecule has 1 atom stereocenters. The van der Waals surface area contributed by atoms with E-state index in [2.05, 4.69) is 21.9 Å². The van der Waals surface area contributed by atoms with Gasteiger partial charge in [0.1, 0.15) is 6.61 Å². The summed E-state index contributed by atoms with van der Waals surface area (Å²) < 4.78 is 14.2. The molecular formula is C32H25BrN2O4S. The lowest BCUT2D eigenvalue weighted by Gasteiger charge is -2.25. The number of allylic oxidation sites excluding steroid dienone is 1. The molecule has 200 valence electrons. The van der Waals surface area contributed by atoms with E-state index in [0.29, 0.717) is 43.2 Å². The van der Waals surface area contributed by atoms with Gasteiger partial charge in [-0.2, -0.15) is 0 Å². The number of Topliss-reactive ketones (excluding diaryl/α,β-unsaturated/α-hetero) is 1. The zero-order chi connectivity index (χ0) is 28.2. The third-order valence-corrected chi connectivity index (χ3v) is 8.00. The molecule has 0 radical (unpaired) electrons. The zero-order valence-electron chi connectivity index (χ0n) is 21.9. The highest BCUT2D eigenvalue weighted by Crippen LogP contribution is 2.36. The molecular weight excluding hydrogens is 588 g/mol. The number of ether oxygens (including phenoxy) is 2. The number of ketones is 1. The largest absolute Gasteiger partial charge is 0.490 e. The Morgan fingerprint density at radius 2 is 1.77 bits per heavy atom. The van der Waals surface area contributed by atoms with Gasteiger partial charge in [0, 0.05) is 15.6 Å². The summed E-state index contributed by atoms with van der Waals surface area (Å²) in [5.41, 5.74) is 3.19. The smallest absolute Gasteiger partial charge is 0.271 e. The first-order valence-corrected chi connectivity index (χ1v) is 14.2. The van der Waals surface area contributed by atoms with Crippen LogP contribution in [-0.2, 0) is 4.79 Å². The van der Waals surface area contributed by atoms with Crippen LogP contribution in [0.4, 0.5) is 0 Å². The van der Waals surface area contributed by atoms with Crippen LogP contribution >= 0.6 is 27.3 Å². The number of halogens is 1. The van der Waals surface area contributed by atoms with Gasteiger partial charge in [-0.15, -0.1) is 6.42 Å². The summed E-state index contributed by atoms with van der Waals surface area (Å²) in [4.78, 5) is 32.5. The molecule has 8 heteroatoms. The third kappa shape index (κ3) is 5.31. The van der Waals surface area contributed by atoms with Gasteiger partial charge in [0.15, 0.2) is 22.1 Å². The molecule has 1 aliphatic rings. The first kappa shape index (κ1) is 27.4. The van der Waals surface area contributed by atoms with E-state index in [9.17, 15) is 9.59 Å². The average Bonchev–Trinajstić information content (AvgIpc) is 3.28. The summed E-state index contributed by atoms with van der Waals surface area (Å²) in [6.45, 7) is 3.94. The Balaban J connectivity index is 1.75. The molecule has 5 rings (SSSR count). The molecule has 3 aromatic carbocycles. The van der Waals surface area contributed by atoms with E-state index in [1.165, 1.54) is 18.3 Å². The molecule has 0 bridgehead atoms. The van der Waals surface area contributed by atoms with Gasteiger partial charge in [-0.05, 0) is 43.2 Å². The molecule has 1 aliphatic heterocycles. The number of aromatic nitrogens is 1. The average molecular weight is 614 g/mol. The molecule has 0 saturated heterocycles. The van der Waals surface area contributed by atoms with Crippen LogP contribution in [0.2, 0.25) is 0 Å². The Morgan fingerprint density at radius 1 is 1.10 bits per heavy atom. The predicted molar refractivity (Wildman–Crippen MR) is 161 cm³/mol. The number of fused-ring (bicyclic) bond motifs is 1. The van der Waals surface area contributed by atoms with Crippen molar-refractivity contribution in [1.29, 1.82) is 0 Å². The second-order valence-electron chi connectivity index (χ2n) is 8.92. The molecule has 2 heterocycles. The molecule has 0 N–H and O–H groups in total. The van der Waals surface area contributed by atoms with E-state index in [4.69, 9.17) is 20.9 Å². The lowest BCUT2D eigenvalue weighted by Crippen LogP contribution is -2.39. The van der Waals surface area contributed by atoms with Gasteiger partial charge in [0.2, 0.25) is 0 Å². The van der Waals surface area contributed by atoms with Gasteiger partial charge in [-0.1, -0.05) is 93.9 Å². The standard InChI is InChI=1S/C32H25BrN2O4S/c1-4-16-39-26-19-24(33)23(17-25(26)38-5-2)18-27-31(37)35-30(22-14-10-7-11-15-22)28(20(3)36)29(34-32(35)40-27)21-12-8-6-9-13-21/h1,6-15,17-19,30H,5,16H2,2-3H3/t30-/m1/s1. The van der Waals surface area contributed by atoms with Crippen LogP contribution < -0.4 is 24.4 Å². The minimum absolute atomic E-state index is 0.103. The fourth-order valence-electron chi connectivity index (χ4n) is 4.64. The number of hydrogen-bond donors (Lipinski definition) is 0. The van der Waals surface area contributed by atoms with Crippen LogP contribution in [0.15, 0.2) is 92.6 Å². The molecule has 0 saturated carbocycles. The van der Waals surface area contributed by atoms with Gasteiger partial charge in [0.25, 0.3) is 5.56 Å². The van der Waals surface area contributed by atoms with E-state index in [1.807, 2.05) is 73.7 Å². The highest BCUT2D eigenvalue weighted by Gasteiger charge is 2.32. The van der Waals surface area contributed by atoms with Crippen molar-refractivity contribution in [3.05, 3.63) is 119 Å². The fraction of sp³-hybridized carbons (Fsp3) is 0.156. The van der Waals surface area contributed by atoms with E-state index in [0.717, 1.165) is 16.7 Å². The van der Waals surface area contributed by atoms with Gasteiger partial charge >= 0.3 is 0 Å². The molecule has 1 aromatic heterocycles. The second kappa shape index (κ2) is 11.9. The second-order valence-corrected chi connectivity index (χ2v) is 10.8. The number of hydrogen-bond acceptors (Lipinski definition) is 6. The molecule has 0 aliphatic carbocycles. The summed E-state index contributed by atoms with van der Waals surface area (Å²) in [5.74, 6) is 3.34. The van der Waals surface area contributed by atoms with Gasteiger partial charge in [-0.3, -0.25) is 14.2 Å². The van der Waals surface area contributed by atoms with Crippen LogP contribution in [0.25, 0.3) is 11.8 Å². The Morgan fingerprint density at radius 3 is 2.42 bits per heavy atom. The van der Waals surface area contributed by atoms with Crippen molar-refractivity contribution in [3.63, 3.8) is 0 Å². The minimum Gasteiger partial charge on any atom is -0.490 e. The van der Waals surface area contributed by atoms with E-state index in [1.54, 1.807) is 16.7 Å². The lowest BCUT2D eigenvalue weighted by molar-refractivity contribution is -0.113. The molecule has 0 unspecified atom stereocenters. The summed E-state index contributed by atoms with van der Waals surface area (Å²) in [6, 6.07) is 22.1. The molecule has 6 nitrogen and oxygen atoms in total. The number of rotatable bonds is 8. The molecule has 0 amide bonds. The maximum absolute atomic E-state index is 14.0. The quantitative estimate of drug-likeness (QED) is 0.259. The van der Waals surface area contributed by atoms with Crippen molar-refractivity contribution in [1.82, 2.24) is 4.57 Å². The van der Waals surface area contributed by atoms with Crippen LogP contribution in [0.3, 0.4) is 0 Å². The van der Waals surface area contributed by atoms with Gasteiger partial charge in [0.05, 0.1) is 22.9 Å². The summed E-state index contributed by atoms with van der Waals surface area (Å²) in [5, 5.41) is 0. The van der Waals surface area contributed by atoms with E-state index < -0.39 is 6.04 Å². The van der Waals surface area contributed by atoms with E-state index in [-0.39, 0.29) is 17.9 Å². The molecule has 4 aromatic rings. The topological polar surface area (TPSA) is 69.9 Å². The van der Waals surface area contributed by atoms with Crippen molar-refractivity contribution in [3.8, 4) is 23.8 Å². The first-order chi connectivity index (χ1) is 19.4. The van der Waals surface area contributed by atoms with Crippen molar-refractivity contribution in [2.45, 2.75) is 19.9 Å². The highest BCUT2D eigenvalue weighted by molar-refractivity contribution is 9.10. The summed E-state index contributed by atoms with van der Waals surface area (Å²) in [7, 11) is 0. The van der Waals surface area contributed by atoms with Crippen LogP contribution in [0, 0.1) is 12.3 Å². The molecule has 0 fully saturated rings. The van der Waals surface area contributed by atoms with Crippen molar-refractivity contribution in [2.24, 2.45) is 4.99 Å². The van der Waals surface area contributed by atoms with Crippen molar-refractivity contribution in [2.75, 3.05) is 13.2 Å². The van der Waals surface area contributed by atoms with Crippen LogP contribution in [0.1, 0.15) is 36.6 Å². The van der Waals surface area contributed by atoms with Crippen molar-refractivity contribution < 1.29 is 14.3 Å². The SMILES string of the molecule is C#CCOc1cc(Br)c(C=c2sc3n(c2=O)[C@H](c2ccccc2)C(C(C)=O)=C(c2ccccc2)N=3)cc1OCC. The third-order valence-electron chi connectivity index (χ3n) is 6.33. The Bertz CT molecular complexity index is 1830. The first-order valence-electron chi connectivity index (χ1n) is 12.6. The van der Waals surface area contributed by atoms with Gasteiger partial charge in [-0.25, -0.2) is 4.99 Å². The minimum atomic E-state index is -0.616. The number of carbonyl (C=O) groups excluding carboxylic acids is 1. The molecule has 40 heavy (non-hydrogen) atoms. The maximum atomic E-state index is 14.0. The Labute approximate surface area is 244 Å². The number of nitrogens with zero attached hydrogens (tertiary/aromatic N) is 2. The zero-order valence-corrected chi connectivity index (χ0v) is 24.3. The number of carbonyl (C=O) groups is 1. The predicted octanol–water partition coefficient (Wildman–Crippen LogP) is 5.13.